The second-order valence-electron chi connectivity index (χ2n) is 5.12. The monoisotopic (exact) mass is 371 g/mol. The van der Waals surface area contributed by atoms with Crippen molar-refractivity contribution in [1.29, 1.82) is 0 Å². The number of ether oxygens (including phenoxy) is 1. The van der Waals surface area contributed by atoms with E-state index in [0.717, 1.165) is 25.9 Å². The summed E-state index contributed by atoms with van der Waals surface area (Å²) in [4.78, 5) is 16.5. The van der Waals surface area contributed by atoms with E-state index in [9.17, 15) is 4.79 Å². The van der Waals surface area contributed by atoms with E-state index in [1.54, 1.807) is 18.4 Å². The Morgan fingerprint density at radius 3 is 2.68 bits per heavy atom. The molecule has 7 heteroatoms. The van der Waals surface area contributed by atoms with Crippen molar-refractivity contribution >= 4 is 44.9 Å². The lowest BCUT2D eigenvalue weighted by molar-refractivity contribution is -0.119. The van der Waals surface area contributed by atoms with Gasteiger partial charge < -0.3 is 4.74 Å². The second-order valence-corrected chi connectivity index (χ2v) is 7.37. The summed E-state index contributed by atoms with van der Waals surface area (Å²) >= 11 is 3.00. The molecule has 0 atom stereocenters. The number of benzene rings is 2. The fourth-order valence-corrected chi connectivity index (χ4v) is 3.95. The number of hydrogen-bond acceptors (Lipinski definition) is 6. The Hall–Kier alpha value is -2.51. The van der Waals surface area contributed by atoms with Crippen molar-refractivity contribution < 1.29 is 9.53 Å². The van der Waals surface area contributed by atoms with E-state index in [0.29, 0.717) is 5.70 Å². The van der Waals surface area contributed by atoms with Crippen LogP contribution in [0, 0.1) is 0 Å². The molecule has 2 aromatic carbocycles. The first kappa shape index (κ1) is 17.3. The molecule has 0 saturated carbocycles. The Morgan fingerprint density at radius 2 is 1.96 bits per heavy atom. The van der Waals surface area contributed by atoms with Crippen LogP contribution in [-0.4, -0.2) is 23.8 Å². The minimum Gasteiger partial charge on any atom is -0.497 e. The van der Waals surface area contributed by atoms with E-state index >= 15 is 0 Å². The van der Waals surface area contributed by atoms with Crippen molar-refractivity contribution in [2.75, 3.05) is 12.9 Å². The average Bonchev–Trinajstić information content (AvgIpc) is 3.07. The minimum absolute atomic E-state index is 0.140. The summed E-state index contributed by atoms with van der Waals surface area (Å²) < 4.78 is 7.12. The predicted molar refractivity (Wildman–Crippen MR) is 104 cm³/mol. The maximum atomic E-state index is 12.0. The highest BCUT2D eigenvalue weighted by Gasteiger charge is 2.08. The Balaban J connectivity index is 1.47. The molecule has 1 amide bonds. The fraction of sp³-hybridized carbons (Fsp3) is 0.111. The number of methoxy groups -OCH3 is 1. The second kappa shape index (κ2) is 8.04. The number of rotatable bonds is 7. The van der Waals surface area contributed by atoms with Crippen molar-refractivity contribution in [3.8, 4) is 5.75 Å². The molecule has 3 aromatic rings. The van der Waals surface area contributed by atoms with Gasteiger partial charge in [0.1, 0.15) is 5.75 Å². The summed E-state index contributed by atoms with van der Waals surface area (Å²) in [6.45, 7) is 3.92. The molecule has 128 valence electrons. The van der Waals surface area contributed by atoms with Crippen LogP contribution >= 0.6 is 23.1 Å². The minimum atomic E-state index is -0.140. The van der Waals surface area contributed by atoms with Crippen molar-refractivity contribution in [2.24, 2.45) is 0 Å². The van der Waals surface area contributed by atoms with Crippen molar-refractivity contribution in [1.82, 2.24) is 15.8 Å². The predicted octanol–water partition coefficient (Wildman–Crippen LogP) is 3.69. The highest BCUT2D eigenvalue weighted by molar-refractivity contribution is 8.01. The van der Waals surface area contributed by atoms with Gasteiger partial charge in [-0.05, 0) is 42.0 Å². The van der Waals surface area contributed by atoms with Crippen LogP contribution in [0.25, 0.3) is 15.9 Å². The van der Waals surface area contributed by atoms with Gasteiger partial charge in [-0.1, -0.05) is 30.5 Å². The van der Waals surface area contributed by atoms with E-state index in [1.165, 1.54) is 11.8 Å². The maximum absolute atomic E-state index is 12.0. The quantitative estimate of drug-likeness (QED) is 0.490. The number of aromatic nitrogens is 1. The highest BCUT2D eigenvalue weighted by Crippen LogP contribution is 2.29. The van der Waals surface area contributed by atoms with Gasteiger partial charge in [0.2, 0.25) is 5.91 Å². The first-order valence-corrected chi connectivity index (χ1v) is 9.32. The number of hydrogen-bond donors (Lipinski definition) is 2. The van der Waals surface area contributed by atoms with Crippen molar-refractivity contribution in [3.05, 3.63) is 60.7 Å². The number of carbonyl (C=O) groups is 1. The van der Waals surface area contributed by atoms with Crippen LogP contribution in [-0.2, 0) is 4.79 Å². The molecule has 25 heavy (non-hydrogen) atoms. The molecule has 0 aliphatic rings. The van der Waals surface area contributed by atoms with Crippen molar-refractivity contribution in [2.45, 2.75) is 4.34 Å². The molecule has 1 aromatic heterocycles. The van der Waals surface area contributed by atoms with Gasteiger partial charge in [0, 0.05) is 0 Å². The number of nitrogens with zero attached hydrogens (tertiary/aromatic N) is 1. The number of nitrogens with one attached hydrogen (secondary N) is 2. The van der Waals surface area contributed by atoms with Gasteiger partial charge in [-0.25, -0.2) is 4.98 Å². The van der Waals surface area contributed by atoms with Gasteiger partial charge in [0.15, 0.2) is 4.34 Å². The maximum Gasteiger partial charge on any atom is 0.248 e. The summed E-state index contributed by atoms with van der Waals surface area (Å²) in [5.41, 5.74) is 7.93. The number of fused-ring (bicyclic) bond motifs is 1. The number of amides is 1. The zero-order valence-corrected chi connectivity index (χ0v) is 15.2. The van der Waals surface area contributed by atoms with Gasteiger partial charge in [-0.2, -0.15) is 0 Å². The van der Waals surface area contributed by atoms with Gasteiger partial charge >= 0.3 is 0 Å². The van der Waals surface area contributed by atoms with E-state index in [2.05, 4.69) is 22.4 Å². The lowest BCUT2D eigenvalue weighted by Gasteiger charge is -2.11. The van der Waals surface area contributed by atoms with Crippen molar-refractivity contribution in [3.63, 3.8) is 0 Å². The number of para-hydroxylation sites is 1. The Labute approximate surface area is 154 Å². The summed E-state index contributed by atoms with van der Waals surface area (Å²) in [5, 5.41) is 0. The number of hydrazine groups is 1. The van der Waals surface area contributed by atoms with E-state index < -0.39 is 0 Å². The van der Waals surface area contributed by atoms with Gasteiger partial charge in [0.25, 0.3) is 0 Å². The first-order valence-electron chi connectivity index (χ1n) is 7.52. The summed E-state index contributed by atoms with van der Waals surface area (Å²) in [6.07, 6.45) is 0. The van der Waals surface area contributed by atoms with Crippen LogP contribution in [0.5, 0.6) is 5.75 Å². The van der Waals surface area contributed by atoms with Crippen LogP contribution in [0.2, 0.25) is 0 Å². The smallest absolute Gasteiger partial charge is 0.248 e. The molecular formula is C18H17N3O2S2. The fourth-order valence-electron chi connectivity index (χ4n) is 2.09. The zero-order valence-electron chi connectivity index (χ0n) is 13.6. The van der Waals surface area contributed by atoms with Gasteiger partial charge in [-0.3, -0.25) is 15.6 Å². The summed E-state index contributed by atoms with van der Waals surface area (Å²) in [6, 6.07) is 15.4. The van der Waals surface area contributed by atoms with Gasteiger partial charge in [-0.15, -0.1) is 11.3 Å². The number of thioether (sulfide) groups is 1. The van der Waals surface area contributed by atoms with Crippen LogP contribution in [0.15, 0.2) is 59.4 Å². The molecule has 0 bridgehead atoms. The van der Waals surface area contributed by atoms with E-state index in [4.69, 9.17) is 4.74 Å². The molecule has 3 rings (SSSR count). The summed E-state index contributed by atoms with van der Waals surface area (Å²) in [5.74, 6) is 0.912. The summed E-state index contributed by atoms with van der Waals surface area (Å²) in [7, 11) is 1.62. The molecule has 0 aliphatic heterocycles. The number of carbonyl (C=O) groups excluding carboxylic acids is 1. The third-order valence-corrected chi connectivity index (χ3v) is 5.57. The molecule has 0 radical (unpaired) electrons. The number of thiazole rings is 1. The first-order chi connectivity index (χ1) is 12.2. The standard InChI is InChI=1S/C18H17N3O2S2/c1-12(13-7-9-14(23-2)10-8-13)20-21-17(22)11-24-18-19-15-5-3-4-6-16(15)25-18/h3-10,20H,1,11H2,2H3,(H,21,22). The lowest BCUT2D eigenvalue weighted by Crippen LogP contribution is -2.37. The molecule has 0 fully saturated rings. The molecule has 5 nitrogen and oxygen atoms in total. The Kier molecular flexibility index (Phi) is 5.57. The van der Waals surface area contributed by atoms with E-state index in [1.807, 2.05) is 48.5 Å². The third kappa shape index (κ3) is 4.52. The lowest BCUT2D eigenvalue weighted by atomic mass is 10.2. The molecule has 0 unspecified atom stereocenters. The molecule has 0 aliphatic carbocycles. The van der Waals surface area contributed by atoms with E-state index in [-0.39, 0.29) is 11.7 Å². The van der Waals surface area contributed by atoms with Crippen LogP contribution in [0.1, 0.15) is 5.56 Å². The van der Waals surface area contributed by atoms with Crippen LogP contribution in [0.3, 0.4) is 0 Å². The highest BCUT2D eigenvalue weighted by atomic mass is 32.2. The third-order valence-electron chi connectivity index (χ3n) is 3.39. The zero-order chi connectivity index (χ0) is 17.6. The molecule has 2 N–H and O–H groups in total. The van der Waals surface area contributed by atoms with Crippen LogP contribution < -0.4 is 15.6 Å². The SMILES string of the molecule is C=C(NNC(=O)CSc1nc2ccccc2s1)c1ccc(OC)cc1. The topological polar surface area (TPSA) is 63.2 Å². The molecule has 0 spiro atoms. The van der Waals surface area contributed by atoms with Crippen LogP contribution in [0.4, 0.5) is 0 Å². The average molecular weight is 371 g/mol. The Bertz CT molecular complexity index is 858. The Morgan fingerprint density at radius 1 is 1.20 bits per heavy atom. The molecule has 1 heterocycles. The molecule has 0 saturated heterocycles. The molecular weight excluding hydrogens is 354 g/mol. The normalized spacial score (nSPS) is 10.4. The van der Waals surface area contributed by atoms with Gasteiger partial charge in [0.05, 0.1) is 28.8 Å². The largest absolute Gasteiger partial charge is 0.497 e.